The van der Waals surface area contributed by atoms with Gasteiger partial charge in [0.2, 0.25) is 0 Å². The molecule has 2 aromatic rings. The molecule has 0 atom stereocenters. The second-order valence-corrected chi connectivity index (χ2v) is 3.49. The van der Waals surface area contributed by atoms with Crippen molar-refractivity contribution in [1.29, 1.82) is 0 Å². The van der Waals surface area contributed by atoms with E-state index < -0.39 is 0 Å². The number of benzene rings is 1. The molecule has 72 valence electrons. The molecule has 1 aromatic carbocycles. The van der Waals surface area contributed by atoms with Crippen LogP contribution in [0.1, 0.15) is 5.56 Å². The fraction of sp³-hybridized carbons (Fsp3) is 0. The third-order valence-corrected chi connectivity index (χ3v) is 2.30. The maximum atomic E-state index is 5.91. The molecular formula is C13H8ClN. The van der Waals surface area contributed by atoms with Gasteiger partial charge >= 0.3 is 0 Å². The van der Waals surface area contributed by atoms with Crippen LogP contribution in [0.3, 0.4) is 0 Å². The molecule has 0 saturated heterocycles. The first-order chi connectivity index (χ1) is 7.31. The van der Waals surface area contributed by atoms with Crippen molar-refractivity contribution in [2.45, 2.75) is 0 Å². The number of terminal acetylenes is 1. The Morgan fingerprint density at radius 1 is 1.20 bits per heavy atom. The summed E-state index contributed by atoms with van der Waals surface area (Å²) in [4.78, 5) is 4.26. The monoisotopic (exact) mass is 213 g/mol. The van der Waals surface area contributed by atoms with Gasteiger partial charge < -0.3 is 0 Å². The lowest BCUT2D eigenvalue weighted by atomic mass is 10.1. The van der Waals surface area contributed by atoms with Gasteiger partial charge in [-0.25, -0.2) is 0 Å². The van der Waals surface area contributed by atoms with Crippen LogP contribution in [-0.4, -0.2) is 4.98 Å². The van der Waals surface area contributed by atoms with Crippen molar-refractivity contribution in [3.63, 3.8) is 0 Å². The Kier molecular flexibility index (Phi) is 2.71. The van der Waals surface area contributed by atoms with Gasteiger partial charge in [0.1, 0.15) is 0 Å². The van der Waals surface area contributed by atoms with Gasteiger partial charge in [0.05, 0.1) is 11.3 Å². The molecule has 0 saturated carbocycles. The van der Waals surface area contributed by atoms with Crippen LogP contribution in [0.15, 0.2) is 42.6 Å². The van der Waals surface area contributed by atoms with Crippen molar-refractivity contribution in [3.8, 4) is 23.6 Å². The van der Waals surface area contributed by atoms with Crippen LogP contribution >= 0.6 is 11.6 Å². The molecule has 0 spiro atoms. The van der Waals surface area contributed by atoms with Crippen LogP contribution in [0.5, 0.6) is 0 Å². The first kappa shape index (κ1) is 9.76. The highest BCUT2D eigenvalue weighted by Gasteiger charge is 2.03. The first-order valence-electron chi connectivity index (χ1n) is 4.49. The summed E-state index contributed by atoms with van der Waals surface area (Å²) >= 11 is 5.91. The molecule has 1 nitrogen and oxygen atoms in total. The summed E-state index contributed by atoms with van der Waals surface area (Å²) in [5.74, 6) is 2.61. The minimum Gasteiger partial charge on any atom is -0.255 e. The molecule has 0 bridgehead atoms. The van der Waals surface area contributed by atoms with Crippen molar-refractivity contribution in [1.82, 2.24) is 4.98 Å². The second-order valence-electron chi connectivity index (χ2n) is 3.05. The number of hydrogen-bond acceptors (Lipinski definition) is 1. The van der Waals surface area contributed by atoms with E-state index in [2.05, 4.69) is 10.9 Å². The maximum Gasteiger partial charge on any atom is 0.0858 e. The summed E-state index contributed by atoms with van der Waals surface area (Å²) in [5.41, 5.74) is 2.51. The standard InChI is InChI=1S/C13H8ClN/c1-2-10-6-4-8-15-13(10)11-5-3-7-12(14)9-11/h1,3-9H. The number of aromatic nitrogens is 1. The predicted octanol–water partition coefficient (Wildman–Crippen LogP) is 3.38. The topological polar surface area (TPSA) is 12.9 Å². The number of halogens is 1. The summed E-state index contributed by atoms with van der Waals surface area (Å²) in [6, 6.07) is 11.2. The zero-order valence-corrected chi connectivity index (χ0v) is 8.70. The summed E-state index contributed by atoms with van der Waals surface area (Å²) < 4.78 is 0. The van der Waals surface area contributed by atoms with E-state index >= 15 is 0 Å². The molecule has 0 aliphatic heterocycles. The zero-order chi connectivity index (χ0) is 10.7. The minimum atomic E-state index is 0.682. The Balaban J connectivity index is 2.60. The predicted molar refractivity (Wildman–Crippen MR) is 62.6 cm³/mol. The van der Waals surface area contributed by atoms with Gasteiger partial charge in [-0.2, -0.15) is 0 Å². The quantitative estimate of drug-likeness (QED) is 0.662. The van der Waals surface area contributed by atoms with Crippen LogP contribution in [0.2, 0.25) is 5.02 Å². The highest BCUT2D eigenvalue weighted by Crippen LogP contribution is 2.23. The Morgan fingerprint density at radius 3 is 2.80 bits per heavy atom. The van der Waals surface area contributed by atoms with Gasteiger partial charge in [0.15, 0.2) is 0 Å². The van der Waals surface area contributed by atoms with Crippen LogP contribution in [-0.2, 0) is 0 Å². The molecule has 0 aliphatic rings. The van der Waals surface area contributed by atoms with E-state index in [1.165, 1.54) is 0 Å². The van der Waals surface area contributed by atoms with Crippen molar-refractivity contribution in [3.05, 3.63) is 53.2 Å². The molecule has 1 heterocycles. The number of nitrogens with zero attached hydrogens (tertiary/aromatic N) is 1. The molecule has 0 N–H and O–H groups in total. The van der Waals surface area contributed by atoms with E-state index in [4.69, 9.17) is 18.0 Å². The van der Waals surface area contributed by atoms with Crippen molar-refractivity contribution in [2.75, 3.05) is 0 Å². The molecule has 0 unspecified atom stereocenters. The molecule has 2 heteroatoms. The Morgan fingerprint density at radius 2 is 2.07 bits per heavy atom. The molecular weight excluding hydrogens is 206 g/mol. The molecule has 0 aliphatic carbocycles. The van der Waals surface area contributed by atoms with E-state index in [9.17, 15) is 0 Å². The lowest BCUT2D eigenvalue weighted by Crippen LogP contribution is -1.87. The first-order valence-corrected chi connectivity index (χ1v) is 4.86. The smallest absolute Gasteiger partial charge is 0.0858 e. The van der Waals surface area contributed by atoms with E-state index in [-0.39, 0.29) is 0 Å². The zero-order valence-electron chi connectivity index (χ0n) is 7.94. The largest absolute Gasteiger partial charge is 0.255 e. The SMILES string of the molecule is C#Cc1cccnc1-c1cccc(Cl)c1. The maximum absolute atomic E-state index is 5.91. The summed E-state index contributed by atoms with van der Waals surface area (Å²) in [6.07, 6.45) is 7.12. The van der Waals surface area contributed by atoms with E-state index in [1.807, 2.05) is 36.4 Å². The fourth-order valence-corrected chi connectivity index (χ4v) is 1.58. The summed E-state index contributed by atoms with van der Waals surface area (Å²) in [5, 5.41) is 0.682. The van der Waals surface area contributed by atoms with Gasteiger partial charge in [-0.15, -0.1) is 6.42 Å². The van der Waals surface area contributed by atoms with E-state index in [1.54, 1.807) is 6.20 Å². The van der Waals surface area contributed by atoms with Crippen LogP contribution in [0, 0.1) is 12.3 Å². The Labute approximate surface area is 93.7 Å². The summed E-state index contributed by atoms with van der Waals surface area (Å²) in [6.45, 7) is 0. The molecule has 1 aromatic heterocycles. The molecule has 0 amide bonds. The van der Waals surface area contributed by atoms with Crippen LogP contribution < -0.4 is 0 Å². The number of hydrogen-bond donors (Lipinski definition) is 0. The fourth-order valence-electron chi connectivity index (χ4n) is 1.39. The summed E-state index contributed by atoms with van der Waals surface area (Å²) in [7, 11) is 0. The van der Waals surface area contributed by atoms with E-state index in [0.29, 0.717) is 5.02 Å². The molecule has 0 radical (unpaired) electrons. The normalized spacial score (nSPS) is 9.60. The van der Waals surface area contributed by atoms with Gasteiger partial charge in [0.25, 0.3) is 0 Å². The molecule has 0 fully saturated rings. The third kappa shape index (κ3) is 2.01. The Bertz CT molecular complexity index is 526. The average Bonchev–Trinajstić information content (AvgIpc) is 2.29. The lowest BCUT2D eigenvalue weighted by Gasteiger charge is -2.03. The van der Waals surface area contributed by atoms with Gasteiger partial charge in [-0.05, 0) is 24.3 Å². The number of pyridine rings is 1. The van der Waals surface area contributed by atoms with E-state index in [0.717, 1.165) is 16.8 Å². The van der Waals surface area contributed by atoms with Gasteiger partial charge in [-0.1, -0.05) is 29.7 Å². The third-order valence-electron chi connectivity index (χ3n) is 2.06. The molecule has 15 heavy (non-hydrogen) atoms. The van der Waals surface area contributed by atoms with Gasteiger partial charge in [0, 0.05) is 16.8 Å². The minimum absolute atomic E-state index is 0.682. The highest BCUT2D eigenvalue weighted by molar-refractivity contribution is 6.30. The van der Waals surface area contributed by atoms with Crippen molar-refractivity contribution in [2.24, 2.45) is 0 Å². The highest BCUT2D eigenvalue weighted by atomic mass is 35.5. The van der Waals surface area contributed by atoms with Crippen LogP contribution in [0.25, 0.3) is 11.3 Å². The van der Waals surface area contributed by atoms with Gasteiger partial charge in [-0.3, -0.25) is 4.98 Å². The Hall–Kier alpha value is -1.78. The van der Waals surface area contributed by atoms with Crippen LogP contribution in [0.4, 0.5) is 0 Å². The lowest BCUT2D eigenvalue weighted by molar-refractivity contribution is 1.31. The van der Waals surface area contributed by atoms with Crippen molar-refractivity contribution < 1.29 is 0 Å². The second kappa shape index (κ2) is 4.16. The number of rotatable bonds is 1. The molecule has 2 rings (SSSR count). The average molecular weight is 214 g/mol. The van der Waals surface area contributed by atoms with Crippen molar-refractivity contribution >= 4 is 11.6 Å².